The minimum atomic E-state index is -0.835. The minimum Gasteiger partial charge on any atom is -0.355 e. The lowest BCUT2D eigenvalue weighted by Gasteiger charge is -2.36. The second kappa shape index (κ2) is 9.51. The summed E-state index contributed by atoms with van der Waals surface area (Å²) in [5.74, 6) is 1.57. The molecule has 6 heteroatoms. The van der Waals surface area contributed by atoms with Gasteiger partial charge in [0, 0.05) is 67.6 Å². The van der Waals surface area contributed by atoms with Crippen molar-refractivity contribution in [1.82, 2.24) is 15.1 Å². The number of aryl methyl sites for hydroxylation is 1. The fourth-order valence-electron chi connectivity index (χ4n) is 3.08. The molecule has 2 rings (SSSR count). The molecule has 0 bridgehead atoms. The molecule has 0 aliphatic carbocycles. The van der Waals surface area contributed by atoms with Gasteiger partial charge < -0.3 is 10.2 Å². The number of guanidine groups is 1. The van der Waals surface area contributed by atoms with Crippen LogP contribution in [0.25, 0.3) is 0 Å². The molecule has 0 amide bonds. The third-order valence-corrected chi connectivity index (χ3v) is 6.57. The summed E-state index contributed by atoms with van der Waals surface area (Å²) in [5, 5.41) is 3.38. The molecule has 5 nitrogen and oxygen atoms in total. The number of nitrogens with zero attached hydrogens (tertiary/aromatic N) is 3. The molecule has 1 aliphatic heterocycles. The van der Waals surface area contributed by atoms with Gasteiger partial charge in [0.05, 0.1) is 0 Å². The first-order valence-electron chi connectivity index (χ1n) is 9.41. The number of nitrogens with one attached hydrogen (secondary N) is 1. The Bertz CT molecular complexity index is 631. The van der Waals surface area contributed by atoms with Gasteiger partial charge in [-0.25, -0.2) is 0 Å². The fourth-order valence-corrected chi connectivity index (χ4v) is 3.98. The molecule has 0 saturated carbocycles. The standard InChI is InChI=1S/C20H34N4OS/c1-17-7-6-8-18(15-17)16-23-10-12-24(13-11-23)19(21-5)22-9-14-26(25)20(2,3)4/h6-8,15H,9-14,16H2,1-5H3,(H,21,22). The zero-order valence-electron chi connectivity index (χ0n) is 16.9. The van der Waals surface area contributed by atoms with Crippen LogP contribution in [-0.4, -0.2) is 70.2 Å². The zero-order valence-corrected chi connectivity index (χ0v) is 17.7. The molecule has 146 valence electrons. The summed E-state index contributed by atoms with van der Waals surface area (Å²) in [7, 11) is 0.986. The normalized spacial score (nSPS) is 18.0. The van der Waals surface area contributed by atoms with Crippen LogP contribution in [0.3, 0.4) is 0 Å². The smallest absolute Gasteiger partial charge is 0.193 e. The van der Waals surface area contributed by atoms with Crippen LogP contribution in [0, 0.1) is 6.92 Å². The SMILES string of the molecule is CN=C(NCCS(=O)C(C)(C)C)N1CCN(Cc2cccc(C)c2)CC1. The number of aliphatic imine (C=N–C) groups is 1. The molecule has 1 fully saturated rings. The van der Waals surface area contributed by atoms with E-state index in [4.69, 9.17) is 0 Å². The van der Waals surface area contributed by atoms with Crippen LogP contribution in [0.2, 0.25) is 0 Å². The molecule has 26 heavy (non-hydrogen) atoms. The third kappa shape index (κ3) is 6.40. The highest BCUT2D eigenvalue weighted by atomic mass is 32.2. The zero-order chi connectivity index (χ0) is 19.2. The van der Waals surface area contributed by atoms with Gasteiger partial charge in [0.15, 0.2) is 5.96 Å². The number of hydrogen-bond acceptors (Lipinski definition) is 3. The van der Waals surface area contributed by atoms with Gasteiger partial charge in [0.25, 0.3) is 0 Å². The van der Waals surface area contributed by atoms with E-state index in [0.29, 0.717) is 12.3 Å². The Hall–Kier alpha value is -1.40. The van der Waals surface area contributed by atoms with Gasteiger partial charge in [0.1, 0.15) is 0 Å². The van der Waals surface area contributed by atoms with Gasteiger partial charge in [-0.2, -0.15) is 0 Å². The molecule has 1 aromatic rings. The summed E-state index contributed by atoms with van der Waals surface area (Å²) >= 11 is 0. The van der Waals surface area contributed by atoms with E-state index in [9.17, 15) is 4.21 Å². The van der Waals surface area contributed by atoms with Crippen molar-refractivity contribution in [2.75, 3.05) is 45.5 Å². The molecule has 1 N–H and O–H groups in total. The van der Waals surface area contributed by atoms with Crippen LogP contribution in [0.15, 0.2) is 29.3 Å². The van der Waals surface area contributed by atoms with Crippen LogP contribution in [0.4, 0.5) is 0 Å². The van der Waals surface area contributed by atoms with E-state index in [-0.39, 0.29) is 4.75 Å². The van der Waals surface area contributed by atoms with Crippen molar-refractivity contribution in [3.63, 3.8) is 0 Å². The predicted molar refractivity (Wildman–Crippen MR) is 112 cm³/mol. The van der Waals surface area contributed by atoms with Crippen LogP contribution in [0.5, 0.6) is 0 Å². The summed E-state index contributed by atoms with van der Waals surface area (Å²) in [6.45, 7) is 13.9. The van der Waals surface area contributed by atoms with E-state index in [1.807, 2.05) is 27.8 Å². The molecule has 1 atom stereocenters. The van der Waals surface area contributed by atoms with Crippen LogP contribution in [-0.2, 0) is 17.3 Å². The van der Waals surface area contributed by atoms with Gasteiger partial charge in [-0.05, 0) is 33.3 Å². The summed E-state index contributed by atoms with van der Waals surface area (Å²) in [6, 6.07) is 8.75. The van der Waals surface area contributed by atoms with E-state index in [1.165, 1.54) is 11.1 Å². The van der Waals surface area contributed by atoms with Crippen molar-refractivity contribution >= 4 is 16.8 Å². The summed E-state index contributed by atoms with van der Waals surface area (Å²) in [6.07, 6.45) is 0. The van der Waals surface area contributed by atoms with E-state index in [0.717, 1.165) is 38.7 Å². The first-order chi connectivity index (χ1) is 12.3. The predicted octanol–water partition coefficient (Wildman–Crippen LogP) is 2.24. The summed E-state index contributed by atoms with van der Waals surface area (Å²) in [4.78, 5) is 9.20. The van der Waals surface area contributed by atoms with E-state index >= 15 is 0 Å². The lowest BCUT2D eigenvalue weighted by atomic mass is 10.1. The quantitative estimate of drug-likeness (QED) is 0.631. The lowest BCUT2D eigenvalue weighted by Crippen LogP contribution is -2.52. The Balaban J connectivity index is 1.77. The Morgan fingerprint density at radius 2 is 1.92 bits per heavy atom. The Morgan fingerprint density at radius 1 is 1.23 bits per heavy atom. The second-order valence-corrected chi connectivity index (χ2v) is 10.2. The van der Waals surface area contributed by atoms with Gasteiger partial charge in [-0.3, -0.25) is 14.1 Å². The highest BCUT2D eigenvalue weighted by Crippen LogP contribution is 2.12. The Kier molecular flexibility index (Phi) is 7.65. The maximum absolute atomic E-state index is 12.2. The number of benzene rings is 1. The van der Waals surface area contributed by atoms with Gasteiger partial charge in [-0.1, -0.05) is 29.8 Å². The molecule has 1 saturated heterocycles. The fraction of sp³-hybridized carbons (Fsp3) is 0.650. The average Bonchev–Trinajstić information content (AvgIpc) is 2.59. The Labute approximate surface area is 161 Å². The summed E-state index contributed by atoms with van der Waals surface area (Å²) in [5.41, 5.74) is 2.70. The second-order valence-electron chi connectivity index (χ2n) is 7.89. The van der Waals surface area contributed by atoms with Crippen molar-refractivity contribution in [2.45, 2.75) is 39.0 Å². The molecular formula is C20H34N4OS. The van der Waals surface area contributed by atoms with Crippen molar-refractivity contribution in [3.8, 4) is 0 Å². The monoisotopic (exact) mass is 378 g/mol. The van der Waals surface area contributed by atoms with E-state index in [1.54, 1.807) is 0 Å². The van der Waals surface area contributed by atoms with Gasteiger partial charge >= 0.3 is 0 Å². The molecular weight excluding hydrogens is 344 g/mol. The molecule has 1 unspecified atom stereocenters. The molecule has 0 spiro atoms. The van der Waals surface area contributed by atoms with Crippen LogP contribution in [0.1, 0.15) is 31.9 Å². The van der Waals surface area contributed by atoms with Crippen LogP contribution < -0.4 is 5.32 Å². The molecule has 1 heterocycles. The average molecular weight is 379 g/mol. The minimum absolute atomic E-state index is 0.160. The maximum Gasteiger partial charge on any atom is 0.193 e. The largest absolute Gasteiger partial charge is 0.355 e. The summed E-state index contributed by atoms with van der Waals surface area (Å²) < 4.78 is 12.0. The highest BCUT2D eigenvalue weighted by Gasteiger charge is 2.21. The number of hydrogen-bond donors (Lipinski definition) is 1. The highest BCUT2D eigenvalue weighted by molar-refractivity contribution is 7.86. The van der Waals surface area contributed by atoms with Crippen molar-refractivity contribution < 1.29 is 4.21 Å². The molecule has 0 aromatic heterocycles. The first-order valence-corrected chi connectivity index (χ1v) is 10.7. The van der Waals surface area contributed by atoms with Gasteiger partial charge in [0.2, 0.25) is 0 Å². The molecule has 0 radical (unpaired) electrons. The van der Waals surface area contributed by atoms with Crippen molar-refractivity contribution in [2.24, 2.45) is 4.99 Å². The third-order valence-electron chi connectivity index (χ3n) is 4.63. The Morgan fingerprint density at radius 3 is 2.50 bits per heavy atom. The molecule has 1 aromatic carbocycles. The van der Waals surface area contributed by atoms with Crippen molar-refractivity contribution in [3.05, 3.63) is 35.4 Å². The lowest BCUT2D eigenvalue weighted by molar-refractivity contribution is 0.172. The van der Waals surface area contributed by atoms with Crippen molar-refractivity contribution in [1.29, 1.82) is 0 Å². The topological polar surface area (TPSA) is 47.9 Å². The first kappa shape index (κ1) is 20.9. The number of piperazine rings is 1. The number of rotatable bonds is 5. The van der Waals surface area contributed by atoms with E-state index < -0.39 is 10.8 Å². The van der Waals surface area contributed by atoms with E-state index in [2.05, 4.69) is 51.3 Å². The van der Waals surface area contributed by atoms with Gasteiger partial charge in [-0.15, -0.1) is 0 Å². The maximum atomic E-state index is 12.2. The van der Waals surface area contributed by atoms with Crippen LogP contribution >= 0.6 is 0 Å². The molecule has 1 aliphatic rings.